The Morgan fingerprint density at radius 1 is 1.23 bits per heavy atom. The van der Waals surface area contributed by atoms with Gasteiger partial charge in [-0.3, -0.25) is 4.98 Å². The highest BCUT2D eigenvalue weighted by Gasteiger charge is 2.36. The molecule has 2 aromatic rings. The van der Waals surface area contributed by atoms with Gasteiger partial charge in [-0.2, -0.15) is 13.2 Å². The molecular formula is C21H21ClF3N3O2. The molecule has 0 aromatic carbocycles. The number of carboxylic acid groups (broad SMARTS) is 1. The molecule has 4 rings (SSSR count). The Morgan fingerprint density at radius 3 is 2.67 bits per heavy atom. The Labute approximate surface area is 176 Å². The van der Waals surface area contributed by atoms with Gasteiger partial charge in [-0.1, -0.05) is 17.7 Å². The van der Waals surface area contributed by atoms with Crippen molar-refractivity contribution in [3.63, 3.8) is 0 Å². The van der Waals surface area contributed by atoms with Crippen LogP contribution in [0.3, 0.4) is 0 Å². The van der Waals surface area contributed by atoms with E-state index >= 15 is 0 Å². The van der Waals surface area contributed by atoms with E-state index in [0.717, 1.165) is 48.8 Å². The molecule has 5 nitrogen and oxygen atoms in total. The van der Waals surface area contributed by atoms with Gasteiger partial charge in [-0.25, -0.2) is 4.79 Å². The minimum Gasteiger partial charge on any atom is -0.478 e. The molecule has 1 aliphatic heterocycles. The number of pyridine rings is 1. The van der Waals surface area contributed by atoms with E-state index < -0.39 is 17.8 Å². The van der Waals surface area contributed by atoms with Crippen molar-refractivity contribution in [2.24, 2.45) is 0 Å². The summed E-state index contributed by atoms with van der Waals surface area (Å²) in [7, 11) is 0. The molecular weight excluding hydrogens is 419 g/mol. The summed E-state index contributed by atoms with van der Waals surface area (Å²) in [6.45, 7) is 1.03. The number of carbonyl (C=O) groups is 1. The number of hydrogen-bond donors (Lipinski definition) is 1. The van der Waals surface area contributed by atoms with E-state index in [1.165, 1.54) is 6.07 Å². The zero-order valence-corrected chi connectivity index (χ0v) is 16.9. The maximum atomic E-state index is 13.5. The number of anilines is 1. The second kappa shape index (κ2) is 7.98. The zero-order valence-electron chi connectivity index (χ0n) is 16.2. The van der Waals surface area contributed by atoms with Gasteiger partial charge in [0.2, 0.25) is 0 Å². The molecule has 1 aliphatic carbocycles. The first-order valence-corrected chi connectivity index (χ1v) is 10.2. The van der Waals surface area contributed by atoms with Gasteiger partial charge in [0.25, 0.3) is 0 Å². The van der Waals surface area contributed by atoms with Crippen LogP contribution in [0.2, 0.25) is 5.02 Å². The molecule has 30 heavy (non-hydrogen) atoms. The highest BCUT2D eigenvalue weighted by molar-refractivity contribution is 6.31. The molecule has 0 radical (unpaired) electrons. The Kier molecular flexibility index (Phi) is 5.53. The van der Waals surface area contributed by atoms with Gasteiger partial charge in [-0.15, -0.1) is 0 Å². The summed E-state index contributed by atoms with van der Waals surface area (Å²) in [4.78, 5) is 16.8. The molecule has 0 saturated carbocycles. The lowest BCUT2D eigenvalue weighted by atomic mass is 9.96. The van der Waals surface area contributed by atoms with Crippen molar-refractivity contribution >= 4 is 23.3 Å². The molecule has 1 N–H and O–H groups in total. The van der Waals surface area contributed by atoms with Crippen molar-refractivity contribution in [3.8, 4) is 0 Å². The van der Waals surface area contributed by atoms with Crippen molar-refractivity contribution in [1.82, 2.24) is 9.55 Å². The molecule has 0 amide bonds. The fourth-order valence-electron chi connectivity index (χ4n) is 4.32. The van der Waals surface area contributed by atoms with Gasteiger partial charge in [-0.05, 0) is 43.7 Å². The first-order valence-electron chi connectivity index (χ1n) is 9.84. The number of aliphatic carboxylic acids is 1. The van der Waals surface area contributed by atoms with E-state index in [2.05, 4.69) is 9.88 Å². The zero-order chi connectivity index (χ0) is 21.5. The number of hydrogen-bond acceptors (Lipinski definition) is 3. The van der Waals surface area contributed by atoms with Crippen LogP contribution >= 0.6 is 11.6 Å². The van der Waals surface area contributed by atoms with E-state index in [1.807, 2.05) is 10.8 Å². The Morgan fingerprint density at radius 2 is 2.00 bits per heavy atom. The van der Waals surface area contributed by atoms with E-state index in [-0.39, 0.29) is 17.1 Å². The van der Waals surface area contributed by atoms with Crippen LogP contribution in [0.4, 0.5) is 18.9 Å². The fraction of sp³-hybridized carbons (Fsp3) is 0.429. The van der Waals surface area contributed by atoms with Gasteiger partial charge < -0.3 is 14.6 Å². The van der Waals surface area contributed by atoms with E-state index in [0.29, 0.717) is 25.1 Å². The minimum absolute atomic E-state index is 0.00605. The Hall–Kier alpha value is -2.48. The van der Waals surface area contributed by atoms with Crippen LogP contribution in [0.1, 0.15) is 41.8 Å². The third-order valence-electron chi connectivity index (χ3n) is 5.79. The smallest absolute Gasteiger partial charge is 0.433 e. The molecule has 3 heterocycles. The SMILES string of the molecule is O=C(O)C1=CCN(c2cn(Cc3c(Cl)ccnc3C(F)(F)F)c3c2CCCC3)CC1. The van der Waals surface area contributed by atoms with Crippen molar-refractivity contribution in [3.05, 3.63) is 57.6 Å². The van der Waals surface area contributed by atoms with Gasteiger partial charge in [0.15, 0.2) is 5.69 Å². The van der Waals surface area contributed by atoms with E-state index in [9.17, 15) is 23.1 Å². The topological polar surface area (TPSA) is 58.4 Å². The van der Waals surface area contributed by atoms with Gasteiger partial charge in [0, 0.05) is 47.3 Å². The molecule has 2 aromatic heterocycles. The molecule has 0 fully saturated rings. The van der Waals surface area contributed by atoms with E-state index in [4.69, 9.17) is 11.6 Å². The number of fused-ring (bicyclic) bond motifs is 1. The molecule has 160 valence electrons. The summed E-state index contributed by atoms with van der Waals surface area (Å²) in [6, 6.07) is 1.38. The summed E-state index contributed by atoms with van der Waals surface area (Å²) in [6.07, 6.45) is 4.17. The number of rotatable bonds is 4. The van der Waals surface area contributed by atoms with Crippen molar-refractivity contribution in [1.29, 1.82) is 0 Å². The highest BCUT2D eigenvalue weighted by Crippen LogP contribution is 2.37. The Bertz CT molecular complexity index is 1010. The number of alkyl halides is 3. The fourth-order valence-corrected chi connectivity index (χ4v) is 4.52. The predicted molar refractivity (Wildman–Crippen MR) is 107 cm³/mol. The molecule has 0 bridgehead atoms. The minimum atomic E-state index is -4.58. The first-order chi connectivity index (χ1) is 14.3. The second-order valence-electron chi connectivity index (χ2n) is 7.62. The van der Waals surface area contributed by atoms with Crippen molar-refractivity contribution in [2.45, 2.75) is 44.8 Å². The number of aromatic nitrogens is 2. The van der Waals surface area contributed by atoms with Gasteiger partial charge in [0.1, 0.15) is 0 Å². The highest BCUT2D eigenvalue weighted by atomic mass is 35.5. The molecule has 0 unspecified atom stereocenters. The second-order valence-corrected chi connectivity index (χ2v) is 8.03. The maximum Gasteiger partial charge on any atom is 0.433 e. The van der Waals surface area contributed by atoms with Crippen LogP contribution in [0, 0.1) is 0 Å². The van der Waals surface area contributed by atoms with Crippen LogP contribution in [0.25, 0.3) is 0 Å². The standard InChI is InChI=1S/C21H21ClF3N3O2/c22-16-5-8-26-19(21(23,24)25)15(16)11-28-12-18(14-3-1-2-4-17(14)28)27-9-6-13(7-10-27)20(29)30/h5-6,8,12H,1-4,7,9-11H2,(H,29,30). The predicted octanol–water partition coefficient (Wildman–Crippen LogP) is 4.70. The monoisotopic (exact) mass is 439 g/mol. The lowest BCUT2D eigenvalue weighted by molar-refractivity contribution is -0.141. The van der Waals surface area contributed by atoms with Crippen molar-refractivity contribution in [2.75, 3.05) is 18.0 Å². The molecule has 2 aliphatic rings. The largest absolute Gasteiger partial charge is 0.478 e. The summed E-state index contributed by atoms with van der Waals surface area (Å²) < 4.78 is 42.3. The van der Waals surface area contributed by atoms with E-state index in [1.54, 1.807) is 6.08 Å². The number of carboxylic acids is 1. The third-order valence-corrected chi connectivity index (χ3v) is 6.15. The van der Waals surface area contributed by atoms with Crippen LogP contribution < -0.4 is 4.90 Å². The molecule has 9 heteroatoms. The van der Waals surface area contributed by atoms with Crippen LogP contribution in [-0.2, 0) is 30.4 Å². The molecule has 0 spiro atoms. The Balaban J connectivity index is 1.71. The molecule has 0 atom stereocenters. The maximum absolute atomic E-state index is 13.5. The average Bonchev–Trinajstić information content (AvgIpc) is 3.07. The number of halogens is 4. The van der Waals surface area contributed by atoms with Gasteiger partial charge >= 0.3 is 12.1 Å². The summed E-state index contributed by atoms with van der Waals surface area (Å²) in [5.41, 5.74) is 2.55. The lowest BCUT2D eigenvalue weighted by Crippen LogP contribution is -2.30. The first kappa shape index (κ1) is 20.8. The third kappa shape index (κ3) is 3.93. The van der Waals surface area contributed by atoms with Crippen LogP contribution in [0.5, 0.6) is 0 Å². The lowest BCUT2D eigenvalue weighted by Gasteiger charge is -2.28. The summed E-state index contributed by atoms with van der Waals surface area (Å²) >= 11 is 6.14. The normalized spacial score (nSPS) is 16.9. The van der Waals surface area contributed by atoms with Gasteiger partial charge in [0.05, 0.1) is 12.2 Å². The number of nitrogens with zero attached hydrogens (tertiary/aromatic N) is 3. The van der Waals surface area contributed by atoms with Crippen LogP contribution in [-0.4, -0.2) is 33.7 Å². The van der Waals surface area contributed by atoms with Crippen molar-refractivity contribution < 1.29 is 23.1 Å². The quantitative estimate of drug-likeness (QED) is 0.750. The summed E-state index contributed by atoms with van der Waals surface area (Å²) in [5.74, 6) is -0.903. The average molecular weight is 440 g/mol. The molecule has 0 saturated heterocycles. The summed E-state index contributed by atoms with van der Waals surface area (Å²) in [5, 5.41) is 9.22. The van der Waals surface area contributed by atoms with Crippen LogP contribution in [0.15, 0.2) is 30.1 Å².